The SMILES string of the molecule is CCc1ccccc1NC(=O)CN1C(=O)c2cccc(F)c2C1=O. The van der Waals surface area contributed by atoms with Crippen molar-refractivity contribution in [2.75, 3.05) is 11.9 Å². The van der Waals surface area contributed by atoms with Gasteiger partial charge in [-0.05, 0) is 30.2 Å². The summed E-state index contributed by atoms with van der Waals surface area (Å²) >= 11 is 0. The highest BCUT2D eigenvalue weighted by Crippen LogP contribution is 2.25. The average molecular weight is 326 g/mol. The monoisotopic (exact) mass is 326 g/mol. The van der Waals surface area contributed by atoms with Gasteiger partial charge in [0.25, 0.3) is 11.8 Å². The van der Waals surface area contributed by atoms with Gasteiger partial charge < -0.3 is 5.32 Å². The third kappa shape index (κ3) is 2.67. The highest BCUT2D eigenvalue weighted by atomic mass is 19.1. The van der Waals surface area contributed by atoms with E-state index in [0.29, 0.717) is 5.69 Å². The van der Waals surface area contributed by atoms with Gasteiger partial charge in [-0.2, -0.15) is 0 Å². The molecule has 6 heteroatoms. The molecule has 2 aromatic rings. The first-order chi connectivity index (χ1) is 11.5. The fourth-order valence-electron chi connectivity index (χ4n) is 2.72. The Morgan fingerprint density at radius 3 is 2.54 bits per heavy atom. The van der Waals surface area contributed by atoms with Crippen LogP contribution in [0.25, 0.3) is 0 Å². The lowest BCUT2D eigenvalue weighted by Crippen LogP contribution is -2.37. The summed E-state index contributed by atoms with van der Waals surface area (Å²) in [6.45, 7) is 1.50. The number of fused-ring (bicyclic) bond motifs is 1. The second-order valence-electron chi connectivity index (χ2n) is 5.42. The molecule has 0 fully saturated rings. The summed E-state index contributed by atoms with van der Waals surface area (Å²) < 4.78 is 13.8. The molecule has 5 nitrogen and oxygen atoms in total. The smallest absolute Gasteiger partial charge is 0.265 e. The minimum absolute atomic E-state index is 0.0123. The molecule has 0 atom stereocenters. The second-order valence-corrected chi connectivity index (χ2v) is 5.42. The zero-order valence-electron chi connectivity index (χ0n) is 13.0. The first kappa shape index (κ1) is 15.9. The fourth-order valence-corrected chi connectivity index (χ4v) is 2.72. The van der Waals surface area contributed by atoms with Crippen LogP contribution in [-0.4, -0.2) is 29.2 Å². The van der Waals surface area contributed by atoms with E-state index in [1.54, 1.807) is 12.1 Å². The number of rotatable bonds is 4. The predicted molar refractivity (Wildman–Crippen MR) is 86.2 cm³/mol. The Kier molecular flexibility index (Phi) is 4.12. The number of anilines is 1. The average Bonchev–Trinajstić information content (AvgIpc) is 2.81. The molecule has 3 rings (SSSR count). The second kappa shape index (κ2) is 6.23. The van der Waals surface area contributed by atoms with E-state index in [4.69, 9.17) is 0 Å². The van der Waals surface area contributed by atoms with Crippen LogP contribution in [0.1, 0.15) is 33.2 Å². The molecule has 0 bridgehead atoms. The van der Waals surface area contributed by atoms with Crippen molar-refractivity contribution in [2.45, 2.75) is 13.3 Å². The van der Waals surface area contributed by atoms with Gasteiger partial charge in [-0.25, -0.2) is 4.39 Å². The van der Waals surface area contributed by atoms with Crippen molar-refractivity contribution in [2.24, 2.45) is 0 Å². The van der Waals surface area contributed by atoms with E-state index in [0.717, 1.165) is 23.0 Å². The van der Waals surface area contributed by atoms with Gasteiger partial charge in [-0.15, -0.1) is 0 Å². The van der Waals surface area contributed by atoms with Crippen LogP contribution in [0, 0.1) is 5.82 Å². The predicted octanol–water partition coefficient (Wildman–Crippen LogP) is 2.62. The fraction of sp³-hybridized carbons (Fsp3) is 0.167. The van der Waals surface area contributed by atoms with Crippen LogP contribution in [0.5, 0.6) is 0 Å². The maximum Gasteiger partial charge on any atom is 0.265 e. The lowest BCUT2D eigenvalue weighted by molar-refractivity contribution is -0.116. The van der Waals surface area contributed by atoms with Gasteiger partial charge in [0.15, 0.2) is 0 Å². The number of amides is 3. The van der Waals surface area contributed by atoms with Gasteiger partial charge >= 0.3 is 0 Å². The van der Waals surface area contributed by atoms with Crippen molar-refractivity contribution in [1.29, 1.82) is 0 Å². The minimum atomic E-state index is -0.785. The van der Waals surface area contributed by atoms with Gasteiger partial charge in [0.1, 0.15) is 12.4 Å². The van der Waals surface area contributed by atoms with E-state index in [9.17, 15) is 18.8 Å². The van der Waals surface area contributed by atoms with Crippen LogP contribution < -0.4 is 5.32 Å². The molecule has 2 aromatic carbocycles. The number of halogens is 1. The van der Waals surface area contributed by atoms with Crippen LogP contribution in [0.4, 0.5) is 10.1 Å². The van der Waals surface area contributed by atoms with E-state index in [2.05, 4.69) is 5.32 Å². The van der Waals surface area contributed by atoms with Gasteiger partial charge in [-0.3, -0.25) is 19.3 Å². The number of carbonyl (C=O) groups excluding carboxylic acids is 3. The number of benzene rings is 2. The molecule has 24 heavy (non-hydrogen) atoms. The first-order valence-corrected chi connectivity index (χ1v) is 7.55. The summed E-state index contributed by atoms with van der Waals surface area (Å²) in [6.07, 6.45) is 0.731. The highest BCUT2D eigenvalue weighted by molar-refractivity contribution is 6.22. The molecule has 1 aliphatic rings. The highest BCUT2D eigenvalue weighted by Gasteiger charge is 2.38. The molecular weight excluding hydrogens is 311 g/mol. The normalized spacial score (nSPS) is 13.2. The maximum absolute atomic E-state index is 13.8. The molecule has 0 radical (unpaired) electrons. The van der Waals surface area contributed by atoms with E-state index in [1.165, 1.54) is 12.1 Å². The van der Waals surface area contributed by atoms with E-state index in [-0.39, 0.29) is 11.1 Å². The third-order valence-electron chi connectivity index (χ3n) is 3.92. The Balaban J connectivity index is 1.78. The zero-order valence-corrected chi connectivity index (χ0v) is 13.0. The molecular formula is C18H15FN2O3. The molecule has 0 aromatic heterocycles. The molecule has 0 spiro atoms. The molecule has 0 saturated heterocycles. The van der Waals surface area contributed by atoms with Crippen LogP contribution in [0.15, 0.2) is 42.5 Å². The first-order valence-electron chi connectivity index (χ1n) is 7.55. The lowest BCUT2D eigenvalue weighted by Gasteiger charge is -2.15. The van der Waals surface area contributed by atoms with Crippen LogP contribution >= 0.6 is 0 Å². The van der Waals surface area contributed by atoms with Crippen molar-refractivity contribution < 1.29 is 18.8 Å². The summed E-state index contributed by atoms with van der Waals surface area (Å²) in [4.78, 5) is 37.4. The molecule has 0 saturated carbocycles. The summed E-state index contributed by atoms with van der Waals surface area (Å²) in [5.74, 6) is -2.71. The Morgan fingerprint density at radius 2 is 1.83 bits per heavy atom. The molecule has 0 aliphatic carbocycles. The minimum Gasteiger partial charge on any atom is -0.324 e. The van der Waals surface area contributed by atoms with Crippen molar-refractivity contribution in [3.8, 4) is 0 Å². The summed E-state index contributed by atoms with van der Waals surface area (Å²) in [6, 6.07) is 11.1. The molecule has 1 heterocycles. The van der Waals surface area contributed by atoms with Gasteiger partial charge in [0, 0.05) is 5.69 Å². The largest absolute Gasteiger partial charge is 0.324 e. The van der Waals surface area contributed by atoms with Crippen LogP contribution in [0.2, 0.25) is 0 Å². The van der Waals surface area contributed by atoms with Gasteiger partial charge in [0.2, 0.25) is 5.91 Å². The van der Waals surface area contributed by atoms with E-state index in [1.807, 2.05) is 19.1 Å². The zero-order chi connectivity index (χ0) is 17.3. The third-order valence-corrected chi connectivity index (χ3v) is 3.92. The summed E-state index contributed by atoms with van der Waals surface area (Å²) in [7, 11) is 0. The number of para-hydroxylation sites is 1. The molecule has 0 unspecified atom stereocenters. The Labute approximate surface area is 138 Å². The quantitative estimate of drug-likeness (QED) is 0.878. The van der Waals surface area contributed by atoms with Crippen molar-refractivity contribution in [1.82, 2.24) is 4.90 Å². The van der Waals surface area contributed by atoms with E-state index >= 15 is 0 Å². The molecule has 3 amide bonds. The standard InChI is InChI=1S/C18H15FN2O3/c1-2-11-6-3-4-9-14(11)20-15(22)10-21-17(23)12-7-5-8-13(19)16(12)18(21)24/h3-9H,2,10H2,1H3,(H,20,22). The van der Waals surface area contributed by atoms with Gasteiger partial charge in [-0.1, -0.05) is 31.2 Å². The Bertz CT molecular complexity index is 848. The Hall–Kier alpha value is -3.02. The number of hydrogen-bond donors (Lipinski definition) is 1. The summed E-state index contributed by atoms with van der Waals surface area (Å²) in [5.41, 5.74) is 1.29. The Morgan fingerprint density at radius 1 is 1.08 bits per heavy atom. The van der Waals surface area contributed by atoms with Crippen LogP contribution in [0.3, 0.4) is 0 Å². The molecule has 1 aliphatic heterocycles. The number of aryl methyl sites for hydroxylation is 1. The number of nitrogens with zero attached hydrogens (tertiary/aromatic N) is 1. The van der Waals surface area contributed by atoms with Crippen molar-refractivity contribution in [3.05, 3.63) is 65.0 Å². The number of nitrogens with one attached hydrogen (secondary N) is 1. The maximum atomic E-state index is 13.8. The summed E-state index contributed by atoms with van der Waals surface area (Å²) in [5, 5.41) is 2.69. The molecule has 1 N–H and O–H groups in total. The number of hydrogen-bond acceptors (Lipinski definition) is 3. The molecule has 122 valence electrons. The van der Waals surface area contributed by atoms with Crippen molar-refractivity contribution >= 4 is 23.4 Å². The van der Waals surface area contributed by atoms with Gasteiger partial charge in [0.05, 0.1) is 11.1 Å². The van der Waals surface area contributed by atoms with Crippen molar-refractivity contribution in [3.63, 3.8) is 0 Å². The topological polar surface area (TPSA) is 66.5 Å². The van der Waals surface area contributed by atoms with Crippen LogP contribution in [-0.2, 0) is 11.2 Å². The number of imide groups is 1. The number of carbonyl (C=O) groups is 3. The lowest BCUT2D eigenvalue weighted by atomic mass is 10.1. The van der Waals surface area contributed by atoms with E-state index < -0.39 is 30.1 Å².